The van der Waals surface area contributed by atoms with Crippen molar-refractivity contribution in [3.05, 3.63) is 83.4 Å². The number of carbonyl (C=O) groups is 2. The van der Waals surface area contributed by atoms with Crippen molar-refractivity contribution in [2.24, 2.45) is 0 Å². The standard InChI is InChI=1S/C24H24N2O4/c1-4-7-20-25-21(15(2)3)22(24(29)30)26(20)14-16-10-12-17(13-11-16)18-8-5-6-9-19(18)23(27)28/h5-6,8-13H,2,4,7,14H2,1,3H3,(H,27,28)(H,29,30). The van der Waals surface area contributed by atoms with Crippen molar-refractivity contribution in [3.8, 4) is 11.1 Å². The highest BCUT2D eigenvalue weighted by Gasteiger charge is 2.23. The topological polar surface area (TPSA) is 92.4 Å². The Bertz CT molecular complexity index is 1110. The van der Waals surface area contributed by atoms with E-state index >= 15 is 0 Å². The third-order valence-electron chi connectivity index (χ3n) is 4.89. The van der Waals surface area contributed by atoms with Gasteiger partial charge < -0.3 is 14.8 Å². The second-order valence-corrected chi connectivity index (χ2v) is 7.19. The molecule has 0 amide bonds. The van der Waals surface area contributed by atoms with Gasteiger partial charge in [0.15, 0.2) is 5.69 Å². The summed E-state index contributed by atoms with van der Waals surface area (Å²) in [7, 11) is 0. The smallest absolute Gasteiger partial charge is 0.354 e. The van der Waals surface area contributed by atoms with Gasteiger partial charge in [-0.2, -0.15) is 0 Å². The second-order valence-electron chi connectivity index (χ2n) is 7.19. The van der Waals surface area contributed by atoms with Gasteiger partial charge in [0, 0.05) is 13.0 Å². The van der Waals surface area contributed by atoms with Crippen molar-refractivity contribution >= 4 is 17.5 Å². The number of rotatable bonds is 8. The van der Waals surface area contributed by atoms with E-state index in [1.54, 1.807) is 35.8 Å². The molecule has 30 heavy (non-hydrogen) atoms. The zero-order valence-electron chi connectivity index (χ0n) is 17.1. The minimum absolute atomic E-state index is 0.145. The van der Waals surface area contributed by atoms with Crippen LogP contribution in [0, 0.1) is 0 Å². The summed E-state index contributed by atoms with van der Waals surface area (Å²) < 4.78 is 1.73. The van der Waals surface area contributed by atoms with E-state index in [9.17, 15) is 19.8 Å². The Morgan fingerprint density at radius 1 is 1.03 bits per heavy atom. The van der Waals surface area contributed by atoms with Crippen LogP contribution in [0.3, 0.4) is 0 Å². The molecule has 0 saturated carbocycles. The molecule has 0 aliphatic rings. The number of nitrogens with zero attached hydrogens (tertiary/aromatic N) is 2. The molecule has 3 rings (SSSR count). The van der Waals surface area contributed by atoms with Gasteiger partial charge in [0.1, 0.15) is 5.82 Å². The minimum Gasteiger partial charge on any atom is -0.478 e. The highest BCUT2D eigenvalue weighted by molar-refractivity contribution is 5.96. The summed E-state index contributed by atoms with van der Waals surface area (Å²) in [5.74, 6) is -1.29. The van der Waals surface area contributed by atoms with E-state index in [1.807, 2.05) is 31.2 Å². The van der Waals surface area contributed by atoms with E-state index in [0.29, 0.717) is 35.6 Å². The van der Waals surface area contributed by atoms with Gasteiger partial charge in [-0.1, -0.05) is 56.0 Å². The van der Waals surface area contributed by atoms with Crippen LogP contribution < -0.4 is 0 Å². The molecule has 1 aromatic heterocycles. The Kier molecular flexibility index (Phi) is 6.16. The molecule has 3 aromatic rings. The van der Waals surface area contributed by atoms with Gasteiger partial charge in [0.05, 0.1) is 11.3 Å². The number of aryl methyl sites for hydroxylation is 1. The molecular formula is C24H24N2O4. The van der Waals surface area contributed by atoms with Crippen LogP contribution in [0.25, 0.3) is 16.7 Å². The third-order valence-corrected chi connectivity index (χ3v) is 4.89. The molecule has 6 heteroatoms. The summed E-state index contributed by atoms with van der Waals surface area (Å²) in [5.41, 5.74) is 3.74. The van der Waals surface area contributed by atoms with Crippen molar-refractivity contribution < 1.29 is 19.8 Å². The van der Waals surface area contributed by atoms with Crippen molar-refractivity contribution in [1.29, 1.82) is 0 Å². The lowest BCUT2D eigenvalue weighted by Gasteiger charge is -2.12. The van der Waals surface area contributed by atoms with Crippen LogP contribution in [0.5, 0.6) is 0 Å². The molecule has 0 saturated heterocycles. The Morgan fingerprint density at radius 3 is 2.27 bits per heavy atom. The van der Waals surface area contributed by atoms with Crippen LogP contribution in [-0.2, 0) is 13.0 Å². The zero-order chi connectivity index (χ0) is 21.8. The second kappa shape index (κ2) is 8.78. The van der Waals surface area contributed by atoms with Crippen LogP contribution >= 0.6 is 0 Å². The predicted octanol–water partition coefficient (Wildman–Crippen LogP) is 4.98. The fourth-order valence-electron chi connectivity index (χ4n) is 3.49. The summed E-state index contributed by atoms with van der Waals surface area (Å²) in [6.07, 6.45) is 1.51. The van der Waals surface area contributed by atoms with E-state index in [-0.39, 0.29) is 11.3 Å². The quantitative estimate of drug-likeness (QED) is 0.552. The lowest BCUT2D eigenvalue weighted by molar-refractivity contribution is 0.0678. The van der Waals surface area contributed by atoms with Gasteiger partial charge in [-0.25, -0.2) is 14.6 Å². The Morgan fingerprint density at radius 2 is 1.70 bits per heavy atom. The SMILES string of the molecule is C=C(C)c1nc(CCC)n(Cc2ccc(-c3ccccc3C(=O)O)cc2)c1C(=O)O. The van der Waals surface area contributed by atoms with Gasteiger partial charge in [-0.15, -0.1) is 0 Å². The summed E-state index contributed by atoms with van der Waals surface area (Å²) in [5, 5.41) is 19.2. The van der Waals surface area contributed by atoms with Gasteiger partial charge in [-0.05, 0) is 41.7 Å². The summed E-state index contributed by atoms with van der Waals surface area (Å²) in [6, 6.07) is 14.3. The van der Waals surface area contributed by atoms with Crippen molar-refractivity contribution in [2.45, 2.75) is 33.2 Å². The number of carboxylic acid groups (broad SMARTS) is 2. The predicted molar refractivity (Wildman–Crippen MR) is 116 cm³/mol. The fraction of sp³-hybridized carbons (Fsp3) is 0.208. The van der Waals surface area contributed by atoms with E-state index in [1.165, 1.54) is 0 Å². The number of benzene rings is 2. The van der Waals surface area contributed by atoms with Crippen molar-refractivity contribution in [2.75, 3.05) is 0 Å². The number of allylic oxidation sites excluding steroid dienone is 1. The van der Waals surface area contributed by atoms with Crippen molar-refractivity contribution in [1.82, 2.24) is 9.55 Å². The molecule has 0 bridgehead atoms. The third kappa shape index (κ3) is 4.17. The average Bonchev–Trinajstić information content (AvgIpc) is 3.07. The number of aromatic carboxylic acids is 2. The average molecular weight is 404 g/mol. The highest BCUT2D eigenvalue weighted by Crippen LogP contribution is 2.26. The van der Waals surface area contributed by atoms with Crippen LogP contribution in [0.15, 0.2) is 55.1 Å². The molecule has 0 spiro atoms. The molecule has 154 valence electrons. The molecule has 0 radical (unpaired) electrons. The van der Waals surface area contributed by atoms with Gasteiger partial charge in [-0.3, -0.25) is 0 Å². The fourth-order valence-corrected chi connectivity index (χ4v) is 3.49. The maximum absolute atomic E-state index is 11.9. The van der Waals surface area contributed by atoms with E-state index in [4.69, 9.17) is 0 Å². The highest BCUT2D eigenvalue weighted by atomic mass is 16.4. The van der Waals surface area contributed by atoms with Crippen LogP contribution in [0.2, 0.25) is 0 Å². The minimum atomic E-state index is -1.03. The van der Waals surface area contributed by atoms with Crippen molar-refractivity contribution in [3.63, 3.8) is 0 Å². The Labute approximate surface area is 175 Å². The van der Waals surface area contributed by atoms with E-state index in [0.717, 1.165) is 17.5 Å². The van der Waals surface area contributed by atoms with Gasteiger partial charge >= 0.3 is 11.9 Å². The monoisotopic (exact) mass is 404 g/mol. The Balaban J connectivity index is 1.99. The molecule has 0 aliphatic heterocycles. The molecule has 0 aliphatic carbocycles. The number of hydrogen-bond acceptors (Lipinski definition) is 3. The van der Waals surface area contributed by atoms with Gasteiger partial charge in [0.25, 0.3) is 0 Å². The summed E-state index contributed by atoms with van der Waals surface area (Å²) >= 11 is 0. The maximum atomic E-state index is 11.9. The first-order valence-corrected chi connectivity index (χ1v) is 9.73. The maximum Gasteiger partial charge on any atom is 0.354 e. The van der Waals surface area contributed by atoms with Crippen LogP contribution in [0.1, 0.15) is 58.2 Å². The number of carboxylic acids is 2. The molecular weight excluding hydrogens is 380 g/mol. The molecule has 6 nitrogen and oxygen atoms in total. The molecule has 2 N–H and O–H groups in total. The first-order chi connectivity index (χ1) is 14.3. The number of imidazole rings is 1. The van der Waals surface area contributed by atoms with E-state index < -0.39 is 11.9 Å². The first kappa shape index (κ1) is 21.0. The van der Waals surface area contributed by atoms with Crippen LogP contribution in [-0.4, -0.2) is 31.7 Å². The van der Waals surface area contributed by atoms with Gasteiger partial charge in [0.2, 0.25) is 0 Å². The first-order valence-electron chi connectivity index (χ1n) is 9.73. The molecule has 2 aromatic carbocycles. The zero-order valence-corrected chi connectivity index (χ0v) is 17.1. The largest absolute Gasteiger partial charge is 0.478 e. The molecule has 1 heterocycles. The summed E-state index contributed by atoms with van der Waals surface area (Å²) in [6.45, 7) is 8.01. The number of hydrogen-bond donors (Lipinski definition) is 2. The Hall–Kier alpha value is -3.67. The number of aromatic nitrogens is 2. The molecule has 0 unspecified atom stereocenters. The molecule has 0 atom stereocenters. The lowest BCUT2D eigenvalue weighted by Crippen LogP contribution is -2.13. The summed E-state index contributed by atoms with van der Waals surface area (Å²) in [4.78, 5) is 28.0. The lowest BCUT2D eigenvalue weighted by atomic mass is 9.98. The molecule has 0 fully saturated rings. The normalized spacial score (nSPS) is 10.7. The van der Waals surface area contributed by atoms with Crippen LogP contribution in [0.4, 0.5) is 0 Å². The van der Waals surface area contributed by atoms with E-state index in [2.05, 4.69) is 11.6 Å².